The van der Waals surface area contributed by atoms with Gasteiger partial charge in [-0.15, -0.1) is 0 Å². The van der Waals surface area contributed by atoms with Gasteiger partial charge < -0.3 is 10.6 Å². The number of hydrogen-bond donors (Lipinski definition) is 2. The highest BCUT2D eigenvalue weighted by molar-refractivity contribution is 5.67. The van der Waals surface area contributed by atoms with E-state index in [1.165, 1.54) is 24.0 Å². The van der Waals surface area contributed by atoms with Gasteiger partial charge in [-0.2, -0.15) is 0 Å². The second-order valence-corrected chi connectivity index (χ2v) is 5.87. The minimum Gasteiger partial charge on any atom is -0.373 e. The molecule has 0 radical (unpaired) electrons. The van der Waals surface area contributed by atoms with Crippen LogP contribution in [0.1, 0.15) is 41.3 Å². The Kier molecular flexibility index (Phi) is 3.53. The highest BCUT2D eigenvalue weighted by atomic mass is 15.1. The van der Waals surface area contributed by atoms with E-state index >= 15 is 0 Å². The van der Waals surface area contributed by atoms with Crippen LogP contribution in [-0.4, -0.2) is 17.0 Å². The van der Waals surface area contributed by atoms with E-state index in [0.717, 1.165) is 28.7 Å². The van der Waals surface area contributed by atoms with Gasteiger partial charge in [-0.05, 0) is 50.8 Å². The maximum Gasteiger partial charge on any atom is 0.139 e. The summed E-state index contributed by atoms with van der Waals surface area (Å²) in [6, 6.07) is 6.42. The third-order valence-corrected chi connectivity index (χ3v) is 3.99. The second-order valence-electron chi connectivity index (χ2n) is 5.87. The van der Waals surface area contributed by atoms with Crippen molar-refractivity contribution >= 4 is 17.3 Å². The van der Waals surface area contributed by atoms with Gasteiger partial charge in [0.05, 0.1) is 0 Å². The molecular formula is C17H22N4. The van der Waals surface area contributed by atoms with E-state index in [1.807, 2.05) is 7.05 Å². The van der Waals surface area contributed by atoms with Gasteiger partial charge in [0.2, 0.25) is 0 Å². The van der Waals surface area contributed by atoms with Crippen LogP contribution < -0.4 is 10.6 Å². The molecule has 2 N–H and O–H groups in total. The Balaban J connectivity index is 2.00. The summed E-state index contributed by atoms with van der Waals surface area (Å²) in [4.78, 5) is 9.38. The van der Waals surface area contributed by atoms with E-state index in [2.05, 4.69) is 54.6 Å². The molecule has 4 nitrogen and oxygen atoms in total. The maximum absolute atomic E-state index is 4.75. The molecular weight excluding hydrogens is 260 g/mol. The van der Waals surface area contributed by atoms with Crippen LogP contribution in [0.25, 0.3) is 0 Å². The number of benzene rings is 1. The Labute approximate surface area is 126 Å². The fourth-order valence-electron chi connectivity index (χ4n) is 2.42. The Hall–Kier alpha value is -2.10. The summed E-state index contributed by atoms with van der Waals surface area (Å²) in [5.74, 6) is 3.32. The quantitative estimate of drug-likeness (QED) is 0.887. The lowest BCUT2D eigenvalue weighted by Crippen LogP contribution is -2.07. The van der Waals surface area contributed by atoms with Crippen LogP contribution in [-0.2, 0) is 0 Å². The summed E-state index contributed by atoms with van der Waals surface area (Å²) in [7, 11) is 1.91. The van der Waals surface area contributed by atoms with Gasteiger partial charge in [-0.25, -0.2) is 9.97 Å². The van der Waals surface area contributed by atoms with E-state index in [9.17, 15) is 0 Å². The van der Waals surface area contributed by atoms with E-state index < -0.39 is 0 Å². The molecule has 21 heavy (non-hydrogen) atoms. The number of rotatable bonds is 4. The zero-order valence-electron chi connectivity index (χ0n) is 13.1. The van der Waals surface area contributed by atoms with Crippen LogP contribution in [0.3, 0.4) is 0 Å². The highest BCUT2D eigenvalue weighted by Crippen LogP contribution is 2.40. The Morgan fingerprint density at radius 1 is 1.05 bits per heavy atom. The predicted octanol–water partition coefficient (Wildman–Crippen LogP) is 4.06. The zero-order chi connectivity index (χ0) is 15.0. The first-order valence-corrected chi connectivity index (χ1v) is 7.49. The van der Waals surface area contributed by atoms with E-state index in [4.69, 9.17) is 4.98 Å². The number of aromatic nitrogens is 2. The summed E-state index contributed by atoms with van der Waals surface area (Å²) >= 11 is 0. The SMILES string of the molecule is CNc1nc(C2CC2)nc(Nc2cc(C)ccc2C)c1C. The molecule has 0 bridgehead atoms. The van der Waals surface area contributed by atoms with Crippen LogP contribution in [0.4, 0.5) is 17.3 Å². The summed E-state index contributed by atoms with van der Waals surface area (Å²) in [5, 5.41) is 6.67. The third kappa shape index (κ3) is 2.84. The highest BCUT2D eigenvalue weighted by Gasteiger charge is 2.28. The topological polar surface area (TPSA) is 49.8 Å². The molecule has 0 atom stereocenters. The second kappa shape index (κ2) is 5.35. The van der Waals surface area contributed by atoms with Crippen molar-refractivity contribution in [2.75, 3.05) is 17.7 Å². The van der Waals surface area contributed by atoms with Crippen LogP contribution in [0, 0.1) is 20.8 Å². The fourth-order valence-corrected chi connectivity index (χ4v) is 2.42. The smallest absolute Gasteiger partial charge is 0.139 e. The lowest BCUT2D eigenvalue weighted by atomic mass is 10.1. The predicted molar refractivity (Wildman–Crippen MR) is 87.5 cm³/mol. The van der Waals surface area contributed by atoms with Gasteiger partial charge in [-0.3, -0.25) is 0 Å². The molecule has 0 aliphatic heterocycles. The van der Waals surface area contributed by atoms with Crippen molar-refractivity contribution in [3.8, 4) is 0 Å². The van der Waals surface area contributed by atoms with Gasteiger partial charge in [0.25, 0.3) is 0 Å². The largest absolute Gasteiger partial charge is 0.373 e. The van der Waals surface area contributed by atoms with Crippen LogP contribution >= 0.6 is 0 Å². The molecule has 1 aromatic heterocycles. The summed E-state index contributed by atoms with van der Waals surface area (Å²) < 4.78 is 0. The summed E-state index contributed by atoms with van der Waals surface area (Å²) in [5.41, 5.74) is 4.63. The first-order valence-electron chi connectivity index (χ1n) is 7.49. The molecule has 4 heteroatoms. The molecule has 1 aliphatic carbocycles. The van der Waals surface area contributed by atoms with Gasteiger partial charge in [-0.1, -0.05) is 12.1 Å². The molecule has 2 aromatic rings. The number of aryl methyl sites for hydroxylation is 2. The fraction of sp³-hybridized carbons (Fsp3) is 0.412. The molecule has 1 fully saturated rings. The Bertz CT molecular complexity index is 675. The molecule has 1 aliphatic rings. The number of nitrogens with zero attached hydrogens (tertiary/aromatic N) is 2. The van der Waals surface area contributed by atoms with Crippen molar-refractivity contribution < 1.29 is 0 Å². The molecule has 1 saturated carbocycles. The lowest BCUT2D eigenvalue weighted by molar-refractivity contribution is 0.923. The molecule has 0 amide bonds. The normalized spacial score (nSPS) is 14.1. The molecule has 3 rings (SSSR count). The first-order chi connectivity index (χ1) is 10.1. The van der Waals surface area contributed by atoms with Crippen LogP contribution in [0.2, 0.25) is 0 Å². The number of hydrogen-bond acceptors (Lipinski definition) is 4. The minimum atomic E-state index is 0.539. The molecule has 0 saturated heterocycles. The van der Waals surface area contributed by atoms with Crippen LogP contribution in [0.5, 0.6) is 0 Å². The van der Waals surface area contributed by atoms with Gasteiger partial charge in [0.15, 0.2) is 0 Å². The molecule has 0 unspecified atom stereocenters. The average molecular weight is 282 g/mol. The standard InChI is InChI=1S/C17H22N4/c1-10-5-6-11(2)14(9-10)19-16-12(3)15(18-4)20-17(21-16)13-7-8-13/h5-6,9,13H,7-8H2,1-4H3,(H2,18,19,20,21). The van der Waals surface area contributed by atoms with Crippen molar-refractivity contribution in [3.63, 3.8) is 0 Å². The molecule has 0 spiro atoms. The van der Waals surface area contributed by atoms with E-state index in [0.29, 0.717) is 5.92 Å². The van der Waals surface area contributed by atoms with Gasteiger partial charge in [0.1, 0.15) is 17.5 Å². The monoisotopic (exact) mass is 282 g/mol. The molecule has 110 valence electrons. The van der Waals surface area contributed by atoms with Gasteiger partial charge in [0, 0.05) is 24.2 Å². The first kappa shape index (κ1) is 13.9. The van der Waals surface area contributed by atoms with Crippen LogP contribution in [0.15, 0.2) is 18.2 Å². The molecule has 1 heterocycles. The third-order valence-electron chi connectivity index (χ3n) is 3.99. The average Bonchev–Trinajstić information content (AvgIpc) is 3.29. The summed E-state index contributed by atoms with van der Waals surface area (Å²) in [6.45, 7) is 6.27. The number of nitrogens with one attached hydrogen (secondary N) is 2. The van der Waals surface area contributed by atoms with E-state index in [-0.39, 0.29) is 0 Å². The van der Waals surface area contributed by atoms with Crippen molar-refractivity contribution in [3.05, 3.63) is 40.7 Å². The van der Waals surface area contributed by atoms with E-state index in [1.54, 1.807) is 0 Å². The Morgan fingerprint density at radius 2 is 1.76 bits per heavy atom. The van der Waals surface area contributed by atoms with Gasteiger partial charge >= 0.3 is 0 Å². The van der Waals surface area contributed by atoms with Crippen molar-refractivity contribution in [2.45, 2.75) is 39.5 Å². The lowest BCUT2D eigenvalue weighted by Gasteiger charge is -2.15. The van der Waals surface area contributed by atoms with Crippen molar-refractivity contribution in [1.29, 1.82) is 0 Å². The maximum atomic E-state index is 4.75. The zero-order valence-corrected chi connectivity index (χ0v) is 13.1. The Morgan fingerprint density at radius 3 is 2.43 bits per heavy atom. The minimum absolute atomic E-state index is 0.539. The molecule has 1 aromatic carbocycles. The number of anilines is 3. The van der Waals surface area contributed by atoms with Crippen molar-refractivity contribution in [1.82, 2.24) is 9.97 Å². The van der Waals surface area contributed by atoms with Crippen molar-refractivity contribution in [2.24, 2.45) is 0 Å². The summed E-state index contributed by atoms with van der Waals surface area (Å²) in [6.07, 6.45) is 2.41.